The lowest BCUT2D eigenvalue weighted by Crippen LogP contribution is -1.93. The van der Waals surface area contributed by atoms with Gasteiger partial charge >= 0.3 is 0 Å². The molecule has 2 nitrogen and oxygen atoms in total. The van der Waals surface area contributed by atoms with E-state index in [-0.39, 0.29) is 0 Å². The second kappa shape index (κ2) is 3.46. The van der Waals surface area contributed by atoms with Crippen LogP contribution in [0.5, 0.6) is 0 Å². The zero-order valence-corrected chi connectivity index (χ0v) is 10.0. The first kappa shape index (κ1) is 9.60. The summed E-state index contributed by atoms with van der Waals surface area (Å²) in [5.74, 6) is 0.588. The minimum Gasteiger partial charge on any atom is -0.383 e. The molecule has 0 aliphatic heterocycles. The Morgan fingerprint density at radius 2 is 1.69 bits per heavy atom. The van der Waals surface area contributed by atoms with E-state index >= 15 is 0 Å². The summed E-state index contributed by atoms with van der Waals surface area (Å²) < 4.78 is 1.05. The highest BCUT2D eigenvalue weighted by molar-refractivity contribution is 9.10. The molecular weight excluding hydrogens is 264 g/mol. The lowest BCUT2D eigenvalue weighted by atomic mass is 10.1. The Morgan fingerprint density at radius 1 is 0.938 bits per heavy atom. The number of benzene rings is 2. The van der Waals surface area contributed by atoms with E-state index in [2.05, 4.69) is 33.0 Å². The Bertz CT molecular complexity index is 692. The van der Waals surface area contributed by atoms with Crippen molar-refractivity contribution in [3.05, 3.63) is 46.9 Å². The lowest BCUT2D eigenvalue weighted by Gasteiger charge is -2.06. The van der Waals surface area contributed by atoms with E-state index in [1.165, 1.54) is 0 Å². The van der Waals surface area contributed by atoms with Gasteiger partial charge in [0.2, 0.25) is 0 Å². The standard InChI is InChI=1S/C13H9BrN2/c14-8-5-6-12-11(7-8)9-3-1-2-4-10(9)13(15)16-12/h1-7H,(H2,15,16). The van der Waals surface area contributed by atoms with Gasteiger partial charge in [-0.3, -0.25) is 0 Å². The highest BCUT2D eigenvalue weighted by Crippen LogP contribution is 2.29. The van der Waals surface area contributed by atoms with Crippen molar-refractivity contribution in [1.82, 2.24) is 4.98 Å². The molecule has 1 heterocycles. The number of aromatic nitrogens is 1. The number of rotatable bonds is 0. The fourth-order valence-electron chi connectivity index (χ4n) is 1.95. The third kappa shape index (κ3) is 1.36. The molecule has 0 saturated heterocycles. The van der Waals surface area contributed by atoms with Crippen LogP contribution in [0.4, 0.5) is 5.82 Å². The number of nitrogen functional groups attached to an aromatic ring is 1. The summed E-state index contributed by atoms with van der Waals surface area (Å²) in [4.78, 5) is 4.40. The Labute approximate surface area is 101 Å². The van der Waals surface area contributed by atoms with Gasteiger partial charge in [-0.15, -0.1) is 0 Å². The molecular formula is C13H9BrN2. The van der Waals surface area contributed by atoms with Crippen molar-refractivity contribution >= 4 is 43.4 Å². The maximum Gasteiger partial charge on any atom is 0.131 e. The van der Waals surface area contributed by atoms with E-state index in [0.29, 0.717) is 5.82 Å². The summed E-state index contributed by atoms with van der Waals surface area (Å²) in [6.45, 7) is 0. The zero-order valence-electron chi connectivity index (χ0n) is 8.44. The van der Waals surface area contributed by atoms with E-state index < -0.39 is 0 Å². The maximum absolute atomic E-state index is 5.94. The smallest absolute Gasteiger partial charge is 0.131 e. The minimum atomic E-state index is 0.588. The summed E-state index contributed by atoms with van der Waals surface area (Å²) in [6.07, 6.45) is 0. The summed E-state index contributed by atoms with van der Waals surface area (Å²) >= 11 is 3.48. The summed E-state index contributed by atoms with van der Waals surface area (Å²) in [5, 5.41) is 3.28. The molecule has 0 radical (unpaired) electrons. The Kier molecular flexibility index (Phi) is 2.07. The third-order valence-corrected chi connectivity index (χ3v) is 3.19. The second-order valence-electron chi connectivity index (χ2n) is 3.70. The van der Waals surface area contributed by atoms with Crippen LogP contribution in [0.2, 0.25) is 0 Å². The predicted octanol–water partition coefficient (Wildman–Crippen LogP) is 3.73. The van der Waals surface area contributed by atoms with Crippen molar-refractivity contribution in [1.29, 1.82) is 0 Å². The number of hydrogen-bond donors (Lipinski definition) is 1. The first-order valence-corrected chi connectivity index (χ1v) is 5.78. The Hall–Kier alpha value is -1.61. The number of nitrogens with zero attached hydrogens (tertiary/aromatic N) is 1. The van der Waals surface area contributed by atoms with E-state index in [1.807, 2.05) is 30.3 Å². The average molecular weight is 273 g/mol. The van der Waals surface area contributed by atoms with Crippen LogP contribution < -0.4 is 5.73 Å². The first-order chi connectivity index (χ1) is 7.75. The first-order valence-electron chi connectivity index (χ1n) is 4.99. The van der Waals surface area contributed by atoms with Crippen LogP contribution in [-0.4, -0.2) is 4.98 Å². The van der Waals surface area contributed by atoms with Crippen molar-refractivity contribution in [3.8, 4) is 0 Å². The van der Waals surface area contributed by atoms with Gasteiger partial charge in [-0.25, -0.2) is 4.98 Å². The molecule has 0 bridgehead atoms. The SMILES string of the molecule is Nc1nc2ccc(Br)cc2c2ccccc12. The molecule has 78 valence electrons. The minimum absolute atomic E-state index is 0.588. The molecule has 1 aromatic heterocycles. The summed E-state index contributed by atoms with van der Waals surface area (Å²) in [7, 11) is 0. The van der Waals surface area contributed by atoms with Crippen LogP contribution in [0.3, 0.4) is 0 Å². The molecule has 3 rings (SSSR count). The van der Waals surface area contributed by atoms with Gasteiger partial charge in [0, 0.05) is 15.2 Å². The number of nitrogens with two attached hydrogens (primary N) is 1. The lowest BCUT2D eigenvalue weighted by molar-refractivity contribution is 1.44. The van der Waals surface area contributed by atoms with Gasteiger partial charge in [-0.2, -0.15) is 0 Å². The quantitative estimate of drug-likeness (QED) is 0.634. The van der Waals surface area contributed by atoms with E-state index in [9.17, 15) is 0 Å². The zero-order chi connectivity index (χ0) is 11.1. The molecule has 0 unspecified atom stereocenters. The van der Waals surface area contributed by atoms with Crippen LogP contribution in [-0.2, 0) is 0 Å². The van der Waals surface area contributed by atoms with Crippen LogP contribution in [0.1, 0.15) is 0 Å². The van der Waals surface area contributed by atoms with Crippen LogP contribution in [0.25, 0.3) is 21.7 Å². The molecule has 0 atom stereocenters. The van der Waals surface area contributed by atoms with Crippen molar-refractivity contribution in [2.45, 2.75) is 0 Å². The normalized spacial score (nSPS) is 11.1. The topological polar surface area (TPSA) is 38.9 Å². The van der Waals surface area contributed by atoms with Crippen molar-refractivity contribution < 1.29 is 0 Å². The van der Waals surface area contributed by atoms with Gasteiger partial charge in [0.1, 0.15) is 5.82 Å². The molecule has 0 fully saturated rings. The molecule has 0 aliphatic rings. The van der Waals surface area contributed by atoms with Crippen molar-refractivity contribution in [2.75, 3.05) is 5.73 Å². The summed E-state index contributed by atoms with van der Waals surface area (Å²) in [6, 6.07) is 14.1. The maximum atomic E-state index is 5.94. The van der Waals surface area contributed by atoms with E-state index in [4.69, 9.17) is 5.73 Å². The molecule has 3 aromatic rings. The number of hydrogen-bond acceptors (Lipinski definition) is 2. The van der Waals surface area contributed by atoms with Crippen LogP contribution >= 0.6 is 15.9 Å². The van der Waals surface area contributed by atoms with Gasteiger partial charge in [-0.1, -0.05) is 40.2 Å². The third-order valence-electron chi connectivity index (χ3n) is 2.69. The number of pyridine rings is 1. The number of anilines is 1. The van der Waals surface area contributed by atoms with Gasteiger partial charge < -0.3 is 5.73 Å². The second-order valence-corrected chi connectivity index (χ2v) is 4.62. The number of fused-ring (bicyclic) bond motifs is 3. The van der Waals surface area contributed by atoms with Gasteiger partial charge in [0.15, 0.2) is 0 Å². The largest absolute Gasteiger partial charge is 0.383 e. The van der Waals surface area contributed by atoms with E-state index in [0.717, 1.165) is 26.1 Å². The number of halogens is 1. The Balaban J connectivity index is 2.61. The fraction of sp³-hybridized carbons (Fsp3) is 0. The highest BCUT2D eigenvalue weighted by Gasteiger charge is 2.05. The van der Waals surface area contributed by atoms with E-state index in [1.54, 1.807) is 0 Å². The monoisotopic (exact) mass is 272 g/mol. The van der Waals surface area contributed by atoms with Crippen LogP contribution in [0, 0.1) is 0 Å². The van der Waals surface area contributed by atoms with Crippen molar-refractivity contribution in [2.24, 2.45) is 0 Å². The fourth-order valence-corrected chi connectivity index (χ4v) is 2.31. The summed E-state index contributed by atoms with van der Waals surface area (Å²) in [5.41, 5.74) is 6.87. The molecule has 16 heavy (non-hydrogen) atoms. The molecule has 0 aliphatic carbocycles. The molecule has 0 saturated carbocycles. The predicted molar refractivity (Wildman–Crippen MR) is 71.4 cm³/mol. The molecule has 2 aromatic carbocycles. The molecule has 0 spiro atoms. The van der Waals surface area contributed by atoms with Gasteiger partial charge in [0.25, 0.3) is 0 Å². The van der Waals surface area contributed by atoms with Crippen molar-refractivity contribution in [3.63, 3.8) is 0 Å². The molecule has 3 heteroatoms. The van der Waals surface area contributed by atoms with Gasteiger partial charge in [0.05, 0.1) is 5.52 Å². The molecule has 0 amide bonds. The Morgan fingerprint density at radius 3 is 2.50 bits per heavy atom. The van der Waals surface area contributed by atoms with Crippen LogP contribution in [0.15, 0.2) is 46.9 Å². The average Bonchev–Trinajstić information content (AvgIpc) is 2.31. The molecule has 2 N–H and O–H groups in total. The van der Waals surface area contributed by atoms with Gasteiger partial charge in [-0.05, 0) is 23.6 Å². The highest BCUT2D eigenvalue weighted by atomic mass is 79.9.